The van der Waals surface area contributed by atoms with Gasteiger partial charge in [0.25, 0.3) is 5.91 Å². The predicted molar refractivity (Wildman–Crippen MR) is 111 cm³/mol. The van der Waals surface area contributed by atoms with E-state index in [9.17, 15) is 14.4 Å². The Bertz CT molecular complexity index is 1010. The summed E-state index contributed by atoms with van der Waals surface area (Å²) < 4.78 is 5.24. The van der Waals surface area contributed by atoms with Crippen molar-refractivity contribution in [1.29, 1.82) is 0 Å². The van der Waals surface area contributed by atoms with Crippen LogP contribution in [0.25, 0.3) is 0 Å². The van der Waals surface area contributed by atoms with Gasteiger partial charge in [0.1, 0.15) is 0 Å². The van der Waals surface area contributed by atoms with Gasteiger partial charge in [0.05, 0.1) is 5.56 Å². The third kappa shape index (κ3) is 5.17. The summed E-state index contributed by atoms with van der Waals surface area (Å²) in [5, 5.41) is 2.71. The van der Waals surface area contributed by atoms with Gasteiger partial charge in [0.15, 0.2) is 11.9 Å². The fourth-order valence-corrected chi connectivity index (χ4v) is 2.68. The lowest BCUT2D eigenvalue weighted by Crippen LogP contribution is -2.30. The molecule has 3 rings (SSSR count). The summed E-state index contributed by atoms with van der Waals surface area (Å²) in [6.07, 6.45) is -0.963. The molecule has 0 aliphatic carbocycles. The third-order valence-corrected chi connectivity index (χ3v) is 4.39. The van der Waals surface area contributed by atoms with Crippen molar-refractivity contribution < 1.29 is 19.1 Å². The Hall–Kier alpha value is -3.73. The van der Waals surface area contributed by atoms with Crippen molar-refractivity contribution in [2.75, 3.05) is 5.32 Å². The molecule has 0 aromatic heterocycles. The Kier molecular flexibility index (Phi) is 6.19. The van der Waals surface area contributed by atoms with Crippen LogP contribution in [-0.2, 0) is 9.53 Å². The maximum Gasteiger partial charge on any atom is 0.338 e. The first-order valence-corrected chi connectivity index (χ1v) is 9.22. The van der Waals surface area contributed by atoms with Crippen LogP contribution in [0.1, 0.15) is 38.8 Å². The van der Waals surface area contributed by atoms with Crippen molar-refractivity contribution in [2.45, 2.75) is 20.0 Å². The average Bonchev–Trinajstić information content (AvgIpc) is 2.75. The van der Waals surface area contributed by atoms with Crippen LogP contribution in [0.3, 0.4) is 0 Å². The van der Waals surface area contributed by atoms with Crippen LogP contribution in [0, 0.1) is 6.92 Å². The number of hydrogen-bond acceptors (Lipinski definition) is 4. The van der Waals surface area contributed by atoms with Crippen molar-refractivity contribution in [2.24, 2.45) is 0 Å². The Morgan fingerprint density at radius 3 is 1.93 bits per heavy atom. The lowest BCUT2D eigenvalue weighted by atomic mass is 10.0. The SMILES string of the molecule is Cc1ccc(NC(=O)[C@@H](C)OC(=O)c2ccc(C(=O)c3ccccc3)cc2)cc1. The molecule has 5 nitrogen and oxygen atoms in total. The third-order valence-electron chi connectivity index (χ3n) is 4.39. The minimum atomic E-state index is -0.963. The molecule has 0 saturated carbocycles. The Morgan fingerprint density at radius 2 is 1.31 bits per heavy atom. The first-order valence-electron chi connectivity index (χ1n) is 9.22. The molecule has 0 saturated heterocycles. The Balaban J connectivity index is 1.60. The summed E-state index contributed by atoms with van der Waals surface area (Å²) in [6, 6.07) is 22.4. The van der Waals surface area contributed by atoms with Crippen LogP contribution in [0.4, 0.5) is 5.69 Å². The topological polar surface area (TPSA) is 72.5 Å². The molecular weight excluding hydrogens is 366 g/mol. The van der Waals surface area contributed by atoms with Crippen LogP contribution < -0.4 is 5.32 Å². The van der Waals surface area contributed by atoms with E-state index in [0.717, 1.165) is 5.56 Å². The second-order valence-corrected chi connectivity index (χ2v) is 6.68. The van der Waals surface area contributed by atoms with Crippen LogP contribution in [0.2, 0.25) is 0 Å². The second-order valence-electron chi connectivity index (χ2n) is 6.68. The number of esters is 1. The van der Waals surface area contributed by atoms with Crippen LogP contribution >= 0.6 is 0 Å². The first-order chi connectivity index (χ1) is 13.9. The van der Waals surface area contributed by atoms with E-state index in [1.165, 1.54) is 19.1 Å². The highest BCUT2D eigenvalue weighted by molar-refractivity contribution is 6.09. The van der Waals surface area contributed by atoms with Gasteiger partial charge in [0, 0.05) is 16.8 Å². The number of benzene rings is 3. The van der Waals surface area contributed by atoms with Gasteiger partial charge >= 0.3 is 5.97 Å². The van der Waals surface area contributed by atoms with E-state index in [2.05, 4.69) is 5.32 Å². The molecule has 0 spiro atoms. The summed E-state index contributed by atoms with van der Waals surface area (Å²) >= 11 is 0. The predicted octanol–water partition coefficient (Wildman–Crippen LogP) is 4.41. The van der Waals surface area contributed by atoms with Gasteiger partial charge < -0.3 is 10.1 Å². The number of aryl methyl sites for hydroxylation is 1. The minimum absolute atomic E-state index is 0.128. The van der Waals surface area contributed by atoms with Gasteiger partial charge in [0.2, 0.25) is 0 Å². The van der Waals surface area contributed by atoms with Crippen LogP contribution in [0.5, 0.6) is 0 Å². The van der Waals surface area contributed by atoms with Gasteiger partial charge in [-0.25, -0.2) is 4.79 Å². The molecule has 5 heteroatoms. The summed E-state index contributed by atoms with van der Waals surface area (Å²) in [4.78, 5) is 37.0. The molecule has 0 aliphatic rings. The van der Waals surface area contributed by atoms with E-state index in [0.29, 0.717) is 16.8 Å². The highest BCUT2D eigenvalue weighted by Crippen LogP contribution is 2.13. The van der Waals surface area contributed by atoms with E-state index < -0.39 is 18.0 Å². The maximum atomic E-state index is 12.4. The van der Waals surface area contributed by atoms with Gasteiger partial charge in [-0.1, -0.05) is 60.2 Å². The average molecular weight is 387 g/mol. The number of nitrogens with one attached hydrogen (secondary N) is 1. The van der Waals surface area contributed by atoms with Gasteiger partial charge in [-0.2, -0.15) is 0 Å². The van der Waals surface area contributed by atoms with Gasteiger partial charge in [-0.05, 0) is 38.1 Å². The van der Waals surface area contributed by atoms with Crippen molar-refractivity contribution in [1.82, 2.24) is 0 Å². The summed E-state index contributed by atoms with van der Waals surface area (Å²) in [5.41, 5.74) is 3.02. The van der Waals surface area contributed by atoms with Crippen molar-refractivity contribution in [3.05, 3.63) is 101 Å². The molecule has 1 amide bonds. The van der Waals surface area contributed by atoms with E-state index in [-0.39, 0.29) is 11.3 Å². The van der Waals surface area contributed by atoms with E-state index >= 15 is 0 Å². The van der Waals surface area contributed by atoms with Crippen molar-refractivity contribution in [3.63, 3.8) is 0 Å². The van der Waals surface area contributed by atoms with Crippen LogP contribution in [0.15, 0.2) is 78.9 Å². The highest BCUT2D eigenvalue weighted by atomic mass is 16.5. The molecule has 29 heavy (non-hydrogen) atoms. The molecule has 0 aliphatic heterocycles. The zero-order valence-electron chi connectivity index (χ0n) is 16.2. The number of ether oxygens (including phenoxy) is 1. The summed E-state index contributed by atoms with van der Waals surface area (Å²) in [7, 11) is 0. The molecule has 0 fully saturated rings. The number of carbonyl (C=O) groups is 3. The van der Waals surface area contributed by atoms with Gasteiger partial charge in [-0.3, -0.25) is 9.59 Å². The summed E-state index contributed by atoms with van der Waals surface area (Å²) in [6.45, 7) is 3.46. The first kappa shape index (κ1) is 20.0. The van der Waals surface area contributed by atoms with Crippen molar-refractivity contribution in [3.8, 4) is 0 Å². The fourth-order valence-electron chi connectivity index (χ4n) is 2.68. The standard InChI is InChI=1S/C24H21NO4/c1-16-8-14-21(15-9-16)25-23(27)17(2)29-24(28)20-12-10-19(11-13-20)22(26)18-6-4-3-5-7-18/h3-15,17H,1-2H3,(H,25,27)/t17-/m1/s1. The maximum absolute atomic E-state index is 12.4. The molecule has 0 unspecified atom stereocenters. The Labute approximate surface area is 169 Å². The molecule has 0 heterocycles. The molecule has 1 atom stereocenters. The number of ketones is 1. The smallest absolute Gasteiger partial charge is 0.338 e. The molecule has 3 aromatic rings. The number of anilines is 1. The molecule has 146 valence electrons. The summed E-state index contributed by atoms with van der Waals surface area (Å²) in [5.74, 6) is -1.18. The number of hydrogen-bond donors (Lipinski definition) is 1. The molecular formula is C24H21NO4. The lowest BCUT2D eigenvalue weighted by molar-refractivity contribution is -0.123. The normalized spacial score (nSPS) is 11.4. The van der Waals surface area contributed by atoms with E-state index in [1.54, 1.807) is 48.5 Å². The number of rotatable bonds is 6. The molecule has 1 N–H and O–H groups in total. The molecule has 0 bridgehead atoms. The van der Waals surface area contributed by atoms with E-state index in [1.807, 2.05) is 25.1 Å². The minimum Gasteiger partial charge on any atom is -0.449 e. The zero-order valence-corrected chi connectivity index (χ0v) is 16.2. The molecule has 0 radical (unpaired) electrons. The zero-order chi connectivity index (χ0) is 20.8. The number of carbonyl (C=O) groups excluding carboxylic acids is 3. The quantitative estimate of drug-likeness (QED) is 0.502. The highest BCUT2D eigenvalue weighted by Gasteiger charge is 2.19. The largest absolute Gasteiger partial charge is 0.449 e. The second kappa shape index (κ2) is 8.97. The van der Waals surface area contributed by atoms with E-state index in [4.69, 9.17) is 4.74 Å². The number of amides is 1. The fraction of sp³-hybridized carbons (Fsp3) is 0.125. The van der Waals surface area contributed by atoms with Crippen LogP contribution in [-0.4, -0.2) is 23.8 Å². The Morgan fingerprint density at radius 1 is 0.759 bits per heavy atom. The molecule has 3 aromatic carbocycles. The monoisotopic (exact) mass is 387 g/mol. The van der Waals surface area contributed by atoms with Crippen molar-refractivity contribution >= 4 is 23.3 Å². The van der Waals surface area contributed by atoms with Gasteiger partial charge in [-0.15, -0.1) is 0 Å². The lowest BCUT2D eigenvalue weighted by Gasteiger charge is -2.14.